The molecule has 2 heterocycles. The van der Waals surface area contributed by atoms with E-state index in [-0.39, 0.29) is 0 Å². The van der Waals surface area contributed by atoms with Gasteiger partial charge in [-0.1, -0.05) is 20.8 Å². The van der Waals surface area contributed by atoms with Gasteiger partial charge in [0, 0.05) is 43.1 Å². The Balaban J connectivity index is 2.39. The van der Waals surface area contributed by atoms with Crippen LogP contribution in [0.2, 0.25) is 0 Å². The van der Waals surface area contributed by atoms with Crippen LogP contribution in [0, 0.1) is 6.92 Å². The minimum atomic E-state index is 0.328. The van der Waals surface area contributed by atoms with E-state index in [1.54, 1.807) is 0 Å². The van der Waals surface area contributed by atoms with Crippen LogP contribution in [0.25, 0.3) is 0 Å². The van der Waals surface area contributed by atoms with Gasteiger partial charge >= 0.3 is 0 Å². The Kier molecular flexibility index (Phi) is 4.17. The molecule has 0 N–H and O–H groups in total. The zero-order chi connectivity index (χ0) is 14.0. The van der Waals surface area contributed by atoms with Crippen LogP contribution in [0.15, 0.2) is 0 Å². The zero-order valence-corrected chi connectivity index (χ0v) is 12.4. The normalized spacial score (nSPS) is 16.3. The number of aryl methyl sites for hydroxylation is 1. The first-order valence-electron chi connectivity index (χ1n) is 7.17. The van der Waals surface area contributed by atoms with Gasteiger partial charge in [0.15, 0.2) is 0 Å². The summed E-state index contributed by atoms with van der Waals surface area (Å²) in [6, 6.07) is 0. The van der Waals surface area contributed by atoms with Gasteiger partial charge in [-0.25, -0.2) is 9.97 Å². The van der Waals surface area contributed by atoms with Crippen LogP contribution in [0.1, 0.15) is 56.6 Å². The van der Waals surface area contributed by atoms with Gasteiger partial charge in [0.2, 0.25) is 0 Å². The Bertz CT molecular complexity index is 473. The van der Waals surface area contributed by atoms with Crippen LogP contribution in [-0.2, 0) is 11.2 Å². The maximum absolute atomic E-state index is 11.4. The number of hydrogen-bond donors (Lipinski definition) is 0. The van der Waals surface area contributed by atoms with Crippen molar-refractivity contribution < 1.29 is 4.79 Å². The molecule has 4 nitrogen and oxygen atoms in total. The molecular formula is C15H23N3O. The molecule has 0 atom stereocenters. The summed E-state index contributed by atoms with van der Waals surface area (Å²) >= 11 is 0. The Hall–Kier alpha value is -1.45. The van der Waals surface area contributed by atoms with Crippen molar-refractivity contribution in [3.05, 3.63) is 17.1 Å². The molecule has 0 saturated carbocycles. The van der Waals surface area contributed by atoms with E-state index in [1.807, 2.05) is 0 Å². The third-order valence-electron chi connectivity index (χ3n) is 3.70. The van der Waals surface area contributed by atoms with Crippen LogP contribution in [0.4, 0.5) is 5.82 Å². The number of aromatic nitrogens is 2. The maximum atomic E-state index is 11.4. The first kappa shape index (κ1) is 14.0. The minimum absolute atomic E-state index is 0.328. The molecule has 0 unspecified atom stereocenters. The molecule has 0 radical (unpaired) electrons. The van der Waals surface area contributed by atoms with Crippen molar-refractivity contribution in [2.45, 2.75) is 52.9 Å². The molecule has 1 fully saturated rings. The van der Waals surface area contributed by atoms with Crippen molar-refractivity contribution in [2.24, 2.45) is 0 Å². The predicted molar refractivity (Wildman–Crippen MR) is 76.7 cm³/mol. The van der Waals surface area contributed by atoms with Crippen molar-refractivity contribution in [1.82, 2.24) is 9.97 Å². The van der Waals surface area contributed by atoms with Gasteiger partial charge in [-0.2, -0.15) is 0 Å². The van der Waals surface area contributed by atoms with E-state index in [2.05, 4.69) is 37.6 Å². The highest BCUT2D eigenvalue weighted by atomic mass is 16.1. The average molecular weight is 261 g/mol. The minimum Gasteiger partial charge on any atom is -0.355 e. The molecule has 1 saturated heterocycles. The Morgan fingerprint density at radius 2 is 1.84 bits per heavy atom. The molecule has 19 heavy (non-hydrogen) atoms. The van der Waals surface area contributed by atoms with Crippen molar-refractivity contribution >= 4 is 11.6 Å². The number of ketones is 1. The lowest BCUT2D eigenvalue weighted by atomic mass is 10.1. The van der Waals surface area contributed by atoms with Crippen LogP contribution in [-0.4, -0.2) is 28.8 Å². The maximum Gasteiger partial charge on any atom is 0.136 e. The molecule has 0 aliphatic carbocycles. The van der Waals surface area contributed by atoms with Crippen molar-refractivity contribution in [3.8, 4) is 0 Å². The number of carbonyl (C=O) groups excluding carboxylic acids is 1. The number of Topliss-reactive ketones (excluding diaryl/α,β-unsaturated/α-hetero) is 1. The summed E-state index contributed by atoms with van der Waals surface area (Å²) in [7, 11) is 0. The first-order valence-corrected chi connectivity index (χ1v) is 7.17. The lowest BCUT2D eigenvalue weighted by Crippen LogP contribution is -2.35. The van der Waals surface area contributed by atoms with Crippen molar-refractivity contribution in [1.29, 1.82) is 0 Å². The van der Waals surface area contributed by atoms with Gasteiger partial charge in [0.25, 0.3) is 0 Å². The number of anilines is 1. The summed E-state index contributed by atoms with van der Waals surface area (Å²) in [5.41, 5.74) is 2.30. The van der Waals surface area contributed by atoms with Gasteiger partial charge in [-0.15, -0.1) is 0 Å². The Morgan fingerprint density at radius 1 is 1.21 bits per heavy atom. The topological polar surface area (TPSA) is 46.1 Å². The van der Waals surface area contributed by atoms with E-state index < -0.39 is 0 Å². The highest BCUT2D eigenvalue weighted by Crippen LogP contribution is 2.25. The summed E-state index contributed by atoms with van der Waals surface area (Å²) in [6.07, 6.45) is 2.22. The second-order valence-electron chi connectivity index (χ2n) is 5.50. The zero-order valence-electron chi connectivity index (χ0n) is 12.4. The third kappa shape index (κ3) is 2.94. The number of hydrogen-bond acceptors (Lipinski definition) is 4. The number of carbonyl (C=O) groups is 1. The van der Waals surface area contributed by atoms with Crippen molar-refractivity contribution in [3.63, 3.8) is 0 Å². The molecule has 104 valence electrons. The van der Waals surface area contributed by atoms with E-state index in [9.17, 15) is 4.79 Å². The smallest absolute Gasteiger partial charge is 0.136 e. The summed E-state index contributed by atoms with van der Waals surface area (Å²) < 4.78 is 0. The fourth-order valence-electron chi connectivity index (χ4n) is 2.50. The van der Waals surface area contributed by atoms with Gasteiger partial charge < -0.3 is 4.90 Å². The largest absolute Gasteiger partial charge is 0.355 e. The number of rotatable bonds is 3. The second-order valence-corrected chi connectivity index (χ2v) is 5.50. The molecule has 1 aliphatic heterocycles. The molecule has 1 aromatic rings. The van der Waals surface area contributed by atoms with E-state index in [0.29, 0.717) is 24.5 Å². The first-order chi connectivity index (χ1) is 9.02. The molecule has 4 heteroatoms. The second kappa shape index (κ2) is 5.68. The van der Waals surface area contributed by atoms with E-state index in [0.717, 1.165) is 36.8 Å². The fraction of sp³-hybridized carbons (Fsp3) is 0.667. The summed E-state index contributed by atoms with van der Waals surface area (Å²) in [4.78, 5) is 23.0. The Morgan fingerprint density at radius 3 is 2.37 bits per heavy atom. The van der Waals surface area contributed by atoms with E-state index in [4.69, 9.17) is 4.98 Å². The molecule has 1 aliphatic rings. The van der Waals surface area contributed by atoms with Gasteiger partial charge in [0.1, 0.15) is 17.4 Å². The summed E-state index contributed by atoms with van der Waals surface area (Å²) in [5.74, 6) is 2.65. The standard InChI is InChI=1S/C15H23N3O/c1-5-13-11(4)16-14(10(2)3)17-15(13)18-8-6-12(19)7-9-18/h10H,5-9H2,1-4H3. The quantitative estimate of drug-likeness (QED) is 0.839. The lowest BCUT2D eigenvalue weighted by Gasteiger charge is -2.29. The molecule has 0 bridgehead atoms. The highest BCUT2D eigenvalue weighted by Gasteiger charge is 2.22. The number of piperidine rings is 1. The lowest BCUT2D eigenvalue weighted by molar-refractivity contribution is -0.119. The highest BCUT2D eigenvalue weighted by molar-refractivity contribution is 5.81. The van der Waals surface area contributed by atoms with Gasteiger partial charge in [-0.05, 0) is 13.3 Å². The summed E-state index contributed by atoms with van der Waals surface area (Å²) in [5, 5.41) is 0. The fourth-order valence-corrected chi connectivity index (χ4v) is 2.50. The molecule has 1 aromatic heterocycles. The Labute approximate surface area is 115 Å². The van der Waals surface area contributed by atoms with E-state index in [1.165, 1.54) is 5.56 Å². The SMILES string of the molecule is CCc1c(C)nc(C(C)C)nc1N1CCC(=O)CC1. The van der Waals surface area contributed by atoms with Crippen molar-refractivity contribution in [2.75, 3.05) is 18.0 Å². The van der Waals surface area contributed by atoms with Gasteiger partial charge in [0.05, 0.1) is 0 Å². The molecule has 0 aromatic carbocycles. The number of nitrogens with zero attached hydrogens (tertiary/aromatic N) is 3. The predicted octanol–water partition coefficient (Wildman–Crippen LogP) is 2.64. The average Bonchev–Trinajstić information content (AvgIpc) is 2.38. The molecule has 2 rings (SSSR count). The van der Waals surface area contributed by atoms with E-state index >= 15 is 0 Å². The van der Waals surface area contributed by atoms with Crippen LogP contribution in [0.3, 0.4) is 0 Å². The molecular weight excluding hydrogens is 238 g/mol. The van der Waals surface area contributed by atoms with Crippen LogP contribution < -0.4 is 4.90 Å². The third-order valence-corrected chi connectivity index (χ3v) is 3.70. The van der Waals surface area contributed by atoms with Gasteiger partial charge in [-0.3, -0.25) is 4.79 Å². The summed E-state index contributed by atoms with van der Waals surface area (Å²) in [6.45, 7) is 10.0. The van der Waals surface area contributed by atoms with Crippen LogP contribution in [0.5, 0.6) is 0 Å². The monoisotopic (exact) mass is 261 g/mol. The van der Waals surface area contributed by atoms with Crippen LogP contribution >= 0.6 is 0 Å². The molecule has 0 spiro atoms. The molecule has 0 amide bonds.